The molecule has 164 valence electrons. The number of nitrogens with one attached hydrogen (secondary N) is 1. The van der Waals surface area contributed by atoms with E-state index in [1.165, 1.54) is 0 Å². The third kappa shape index (κ3) is 4.05. The molecule has 8 nitrogen and oxygen atoms in total. The number of anilines is 1. The van der Waals surface area contributed by atoms with Crippen LogP contribution in [0.1, 0.15) is 5.56 Å². The minimum atomic E-state index is -0.0732. The van der Waals surface area contributed by atoms with Crippen molar-refractivity contribution < 1.29 is 23.7 Å². The van der Waals surface area contributed by atoms with E-state index in [9.17, 15) is 4.79 Å². The van der Waals surface area contributed by atoms with Gasteiger partial charge in [0.05, 0.1) is 39.1 Å². The van der Waals surface area contributed by atoms with Crippen molar-refractivity contribution in [2.24, 2.45) is 5.92 Å². The predicted octanol–water partition coefficient (Wildman–Crippen LogP) is 3.08. The first-order valence-electron chi connectivity index (χ1n) is 9.83. The summed E-state index contributed by atoms with van der Waals surface area (Å²) in [4.78, 5) is 19.4. The Kier molecular flexibility index (Phi) is 6.03. The summed E-state index contributed by atoms with van der Waals surface area (Å²) in [6.45, 7) is 1.66. The number of methoxy groups -OCH3 is 4. The lowest BCUT2D eigenvalue weighted by Gasteiger charge is -2.38. The molecular weight excluding hydrogens is 418 g/mol. The molecule has 0 aliphatic carbocycles. The highest BCUT2D eigenvalue weighted by Crippen LogP contribution is 2.39. The first-order valence-corrected chi connectivity index (χ1v) is 10.6. The number of benzene rings is 2. The summed E-state index contributed by atoms with van der Waals surface area (Å²) in [5.41, 5.74) is 1.73. The zero-order chi connectivity index (χ0) is 22.0. The molecule has 1 fully saturated rings. The molecule has 1 saturated heterocycles. The summed E-state index contributed by atoms with van der Waals surface area (Å²) < 4.78 is 22.5. The average molecular weight is 444 g/mol. The Balaban J connectivity index is 1.36. The van der Waals surface area contributed by atoms with Gasteiger partial charge in [-0.15, -0.1) is 0 Å². The summed E-state index contributed by atoms with van der Waals surface area (Å²) in [5.74, 6) is 2.36. The Bertz CT molecular complexity index is 1070. The van der Waals surface area contributed by atoms with Crippen molar-refractivity contribution in [3.05, 3.63) is 35.9 Å². The van der Waals surface area contributed by atoms with Crippen LogP contribution in [0.5, 0.6) is 23.0 Å². The fourth-order valence-electron chi connectivity index (χ4n) is 3.58. The summed E-state index contributed by atoms with van der Waals surface area (Å²) in [6, 6.07) is 9.56. The van der Waals surface area contributed by atoms with Crippen LogP contribution < -0.4 is 29.2 Å². The second-order valence-electron chi connectivity index (χ2n) is 7.16. The van der Waals surface area contributed by atoms with E-state index in [0.29, 0.717) is 36.9 Å². The van der Waals surface area contributed by atoms with Crippen LogP contribution in [-0.4, -0.2) is 52.4 Å². The average Bonchev–Trinajstić information content (AvgIpc) is 3.19. The van der Waals surface area contributed by atoms with Gasteiger partial charge in [-0.3, -0.25) is 4.79 Å². The van der Waals surface area contributed by atoms with Crippen molar-refractivity contribution in [1.82, 2.24) is 10.3 Å². The van der Waals surface area contributed by atoms with Crippen LogP contribution in [0.3, 0.4) is 0 Å². The molecule has 2 aromatic carbocycles. The standard InChI is InChI=1S/C22H25N3O5S/c1-27-15-6-5-7-18-19(15)24-22(31-18)25-11-14(12-25)21(26)23-10-13-8-16(28-2)20(30-4)17(9-13)29-3/h5-9,14H,10-12H2,1-4H3,(H,23,26). The summed E-state index contributed by atoms with van der Waals surface area (Å²) in [7, 11) is 6.35. The number of thiazole rings is 1. The fraction of sp³-hybridized carbons (Fsp3) is 0.364. The minimum Gasteiger partial charge on any atom is -0.494 e. The van der Waals surface area contributed by atoms with Gasteiger partial charge in [-0.2, -0.15) is 0 Å². The number of fused-ring (bicyclic) bond motifs is 1. The molecule has 1 amide bonds. The van der Waals surface area contributed by atoms with Crippen LogP contribution in [0.15, 0.2) is 30.3 Å². The third-order valence-electron chi connectivity index (χ3n) is 5.30. The second-order valence-corrected chi connectivity index (χ2v) is 8.17. The van der Waals surface area contributed by atoms with Crippen molar-refractivity contribution in [3.63, 3.8) is 0 Å². The van der Waals surface area contributed by atoms with Crippen molar-refractivity contribution >= 4 is 32.6 Å². The first kappa shape index (κ1) is 21.0. The van der Waals surface area contributed by atoms with Crippen LogP contribution in [0.4, 0.5) is 5.13 Å². The van der Waals surface area contributed by atoms with Crippen molar-refractivity contribution in [1.29, 1.82) is 0 Å². The summed E-state index contributed by atoms with van der Waals surface area (Å²) >= 11 is 1.61. The predicted molar refractivity (Wildman–Crippen MR) is 120 cm³/mol. The number of nitrogens with zero attached hydrogens (tertiary/aromatic N) is 2. The Labute approximate surface area is 184 Å². The van der Waals surface area contributed by atoms with Crippen LogP contribution >= 0.6 is 11.3 Å². The highest BCUT2D eigenvalue weighted by molar-refractivity contribution is 7.22. The van der Waals surface area contributed by atoms with Crippen LogP contribution in [0, 0.1) is 5.92 Å². The molecule has 1 aromatic heterocycles. The Morgan fingerprint density at radius 3 is 2.35 bits per heavy atom. The molecule has 0 saturated carbocycles. The van der Waals surface area contributed by atoms with Gasteiger partial charge in [-0.1, -0.05) is 17.4 Å². The number of carbonyl (C=O) groups is 1. The molecule has 9 heteroatoms. The Morgan fingerprint density at radius 2 is 1.74 bits per heavy atom. The number of amides is 1. The van der Waals surface area contributed by atoms with Crippen molar-refractivity contribution in [3.8, 4) is 23.0 Å². The molecule has 0 bridgehead atoms. The lowest BCUT2D eigenvalue weighted by Crippen LogP contribution is -2.53. The van der Waals surface area contributed by atoms with Crippen LogP contribution in [0.2, 0.25) is 0 Å². The maximum absolute atomic E-state index is 12.6. The number of rotatable bonds is 8. The fourth-order valence-corrected chi connectivity index (χ4v) is 4.58. The summed E-state index contributed by atoms with van der Waals surface area (Å²) in [6.07, 6.45) is 0. The number of para-hydroxylation sites is 1. The van der Waals surface area contributed by atoms with E-state index in [4.69, 9.17) is 23.9 Å². The van der Waals surface area contributed by atoms with Gasteiger partial charge in [0.1, 0.15) is 11.3 Å². The number of carbonyl (C=O) groups excluding carboxylic acids is 1. The summed E-state index contributed by atoms with van der Waals surface area (Å²) in [5, 5.41) is 3.91. The van der Waals surface area contributed by atoms with Crippen LogP contribution in [0.25, 0.3) is 10.2 Å². The van der Waals surface area contributed by atoms with E-state index in [1.807, 2.05) is 30.3 Å². The van der Waals surface area contributed by atoms with Gasteiger partial charge in [0.2, 0.25) is 11.7 Å². The molecular formula is C22H25N3O5S. The van der Waals surface area contributed by atoms with Gasteiger partial charge in [0.25, 0.3) is 0 Å². The van der Waals surface area contributed by atoms with Gasteiger partial charge in [-0.05, 0) is 29.8 Å². The van der Waals surface area contributed by atoms with Gasteiger partial charge < -0.3 is 29.2 Å². The van der Waals surface area contributed by atoms with E-state index < -0.39 is 0 Å². The topological polar surface area (TPSA) is 82.2 Å². The number of hydrogen-bond donors (Lipinski definition) is 1. The Hall–Kier alpha value is -3.20. The van der Waals surface area contributed by atoms with Gasteiger partial charge >= 0.3 is 0 Å². The maximum Gasteiger partial charge on any atom is 0.226 e. The lowest BCUT2D eigenvalue weighted by atomic mass is 10.00. The number of hydrogen-bond acceptors (Lipinski definition) is 8. The number of aromatic nitrogens is 1. The molecule has 0 atom stereocenters. The molecule has 4 rings (SSSR count). The highest BCUT2D eigenvalue weighted by Gasteiger charge is 2.34. The SMILES string of the molecule is COc1cc(CNC(=O)C2CN(c3nc4c(OC)cccc4s3)C2)cc(OC)c1OC. The smallest absolute Gasteiger partial charge is 0.226 e. The zero-order valence-corrected chi connectivity index (χ0v) is 18.7. The number of ether oxygens (including phenoxy) is 4. The molecule has 0 radical (unpaired) electrons. The minimum absolute atomic E-state index is 0.0173. The Morgan fingerprint density at radius 1 is 1.06 bits per heavy atom. The third-order valence-corrected chi connectivity index (χ3v) is 6.39. The molecule has 31 heavy (non-hydrogen) atoms. The zero-order valence-electron chi connectivity index (χ0n) is 17.9. The largest absolute Gasteiger partial charge is 0.494 e. The van der Waals surface area contributed by atoms with Gasteiger partial charge in [-0.25, -0.2) is 4.98 Å². The molecule has 2 heterocycles. The monoisotopic (exact) mass is 443 g/mol. The van der Waals surface area contributed by atoms with E-state index >= 15 is 0 Å². The molecule has 0 spiro atoms. The van der Waals surface area contributed by atoms with Crippen molar-refractivity contribution in [2.75, 3.05) is 46.4 Å². The van der Waals surface area contributed by atoms with Crippen LogP contribution in [-0.2, 0) is 11.3 Å². The van der Waals surface area contributed by atoms with E-state index in [0.717, 1.165) is 26.7 Å². The van der Waals surface area contributed by atoms with Gasteiger partial charge in [0.15, 0.2) is 16.6 Å². The molecule has 1 aliphatic rings. The first-order chi connectivity index (χ1) is 15.1. The quantitative estimate of drug-likeness (QED) is 0.573. The van der Waals surface area contributed by atoms with E-state index in [2.05, 4.69) is 10.2 Å². The van der Waals surface area contributed by atoms with Crippen molar-refractivity contribution in [2.45, 2.75) is 6.54 Å². The normalized spacial score (nSPS) is 13.6. The molecule has 0 unspecified atom stereocenters. The van der Waals surface area contributed by atoms with E-state index in [-0.39, 0.29) is 11.8 Å². The van der Waals surface area contributed by atoms with E-state index in [1.54, 1.807) is 39.8 Å². The molecule has 3 aromatic rings. The molecule has 1 N–H and O–H groups in total. The van der Waals surface area contributed by atoms with Gasteiger partial charge in [0, 0.05) is 19.6 Å². The lowest BCUT2D eigenvalue weighted by molar-refractivity contribution is -0.125. The highest BCUT2D eigenvalue weighted by atomic mass is 32.1. The maximum atomic E-state index is 12.6. The molecule has 1 aliphatic heterocycles. The second kappa shape index (κ2) is 8.89.